The average Bonchev–Trinajstić information content (AvgIpc) is 2.74. The molecular formula is C11H7BrClNOS. The highest BCUT2D eigenvalue weighted by atomic mass is 79.9. The molecule has 0 aliphatic rings. The molecule has 1 aromatic carbocycles. The second-order valence-electron chi connectivity index (χ2n) is 3.19. The van der Waals surface area contributed by atoms with E-state index in [4.69, 9.17) is 11.6 Å². The number of hydrogen-bond donors (Lipinski definition) is 0. The number of Topliss-reactive ketones (excluding diaryl/α,β-unsaturated/α-hetero) is 1. The zero-order chi connectivity index (χ0) is 11.5. The van der Waals surface area contributed by atoms with Crippen molar-refractivity contribution < 1.29 is 4.79 Å². The van der Waals surface area contributed by atoms with E-state index in [1.165, 1.54) is 11.3 Å². The maximum absolute atomic E-state index is 12.0. The highest BCUT2D eigenvalue weighted by Crippen LogP contribution is 2.23. The van der Waals surface area contributed by atoms with Crippen molar-refractivity contribution in [3.8, 4) is 0 Å². The fourth-order valence-electron chi connectivity index (χ4n) is 1.29. The summed E-state index contributed by atoms with van der Waals surface area (Å²) < 4.78 is 0.770. The highest BCUT2D eigenvalue weighted by molar-refractivity contribution is 9.10. The Hall–Kier alpha value is -0.710. The van der Waals surface area contributed by atoms with Crippen LogP contribution in [0.15, 0.2) is 34.4 Å². The molecule has 2 aromatic rings. The molecule has 0 unspecified atom stereocenters. The van der Waals surface area contributed by atoms with Crippen LogP contribution >= 0.6 is 38.9 Å². The SMILES string of the molecule is O=C(Cc1cncs1)c1cc(Cl)ccc1Br. The molecule has 0 aliphatic carbocycles. The standard InChI is InChI=1S/C11H7BrClNOS/c12-10-2-1-7(13)3-9(10)11(15)4-8-5-14-6-16-8/h1-3,5-6H,4H2. The number of hydrogen-bond acceptors (Lipinski definition) is 3. The van der Waals surface area contributed by atoms with Crippen LogP contribution in [0.25, 0.3) is 0 Å². The van der Waals surface area contributed by atoms with Gasteiger partial charge in [-0.05, 0) is 18.2 Å². The lowest BCUT2D eigenvalue weighted by atomic mass is 10.1. The monoisotopic (exact) mass is 315 g/mol. The number of rotatable bonds is 3. The fraction of sp³-hybridized carbons (Fsp3) is 0.0909. The molecule has 2 rings (SSSR count). The first-order valence-corrected chi connectivity index (χ1v) is 6.57. The smallest absolute Gasteiger partial charge is 0.169 e. The maximum Gasteiger partial charge on any atom is 0.169 e. The Bertz CT molecular complexity index is 513. The first kappa shape index (κ1) is 11.8. The molecule has 0 spiro atoms. The molecule has 0 saturated heterocycles. The third-order valence-electron chi connectivity index (χ3n) is 2.05. The van der Waals surface area contributed by atoms with Crippen molar-refractivity contribution in [3.63, 3.8) is 0 Å². The number of carbonyl (C=O) groups excluding carboxylic acids is 1. The first-order valence-electron chi connectivity index (χ1n) is 4.52. The molecule has 0 atom stereocenters. The molecule has 1 aromatic heterocycles. The zero-order valence-corrected chi connectivity index (χ0v) is 11.3. The lowest BCUT2D eigenvalue weighted by Gasteiger charge is -2.02. The molecule has 16 heavy (non-hydrogen) atoms. The van der Waals surface area contributed by atoms with E-state index in [2.05, 4.69) is 20.9 Å². The molecule has 0 saturated carbocycles. The van der Waals surface area contributed by atoms with E-state index in [-0.39, 0.29) is 5.78 Å². The van der Waals surface area contributed by atoms with Gasteiger partial charge in [0.25, 0.3) is 0 Å². The molecule has 0 amide bonds. The van der Waals surface area contributed by atoms with Crippen LogP contribution in [0, 0.1) is 0 Å². The van der Waals surface area contributed by atoms with Crippen molar-refractivity contribution >= 4 is 44.7 Å². The molecule has 0 radical (unpaired) electrons. The van der Waals surface area contributed by atoms with E-state index >= 15 is 0 Å². The minimum Gasteiger partial charge on any atom is -0.294 e. The van der Waals surface area contributed by atoms with Crippen LogP contribution < -0.4 is 0 Å². The van der Waals surface area contributed by atoms with Crippen molar-refractivity contribution in [3.05, 3.63) is 49.8 Å². The summed E-state index contributed by atoms with van der Waals surface area (Å²) in [6.45, 7) is 0. The Labute approximate surface area is 110 Å². The van der Waals surface area contributed by atoms with Gasteiger partial charge in [-0.15, -0.1) is 11.3 Å². The van der Waals surface area contributed by atoms with E-state index in [0.717, 1.165) is 9.35 Å². The summed E-state index contributed by atoms with van der Waals surface area (Å²) in [6, 6.07) is 5.20. The molecule has 82 valence electrons. The van der Waals surface area contributed by atoms with E-state index < -0.39 is 0 Å². The summed E-state index contributed by atoms with van der Waals surface area (Å²) in [5.74, 6) is 0.0404. The van der Waals surface area contributed by atoms with Crippen LogP contribution in [-0.4, -0.2) is 10.8 Å². The number of ketones is 1. The number of aromatic nitrogens is 1. The van der Waals surface area contributed by atoms with Gasteiger partial charge in [-0.2, -0.15) is 0 Å². The van der Waals surface area contributed by atoms with Crippen LogP contribution in [0.4, 0.5) is 0 Å². The molecule has 0 fully saturated rings. The summed E-state index contributed by atoms with van der Waals surface area (Å²) in [5, 5.41) is 0.566. The number of halogens is 2. The quantitative estimate of drug-likeness (QED) is 0.802. The molecule has 2 nitrogen and oxygen atoms in total. The van der Waals surface area contributed by atoms with Crippen LogP contribution in [-0.2, 0) is 6.42 Å². The Morgan fingerprint density at radius 2 is 2.31 bits per heavy atom. The van der Waals surface area contributed by atoms with Crippen LogP contribution in [0.3, 0.4) is 0 Å². The molecule has 5 heteroatoms. The Morgan fingerprint density at radius 3 is 3.00 bits per heavy atom. The third kappa shape index (κ3) is 2.70. The Morgan fingerprint density at radius 1 is 1.50 bits per heavy atom. The second-order valence-corrected chi connectivity index (χ2v) is 5.45. The summed E-state index contributed by atoms with van der Waals surface area (Å²) in [4.78, 5) is 16.9. The minimum atomic E-state index is 0.0404. The van der Waals surface area contributed by atoms with Gasteiger partial charge in [0.05, 0.1) is 5.51 Å². The predicted octanol–water partition coefficient (Wildman–Crippen LogP) is 3.98. The van der Waals surface area contributed by atoms with Crippen molar-refractivity contribution in [2.75, 3.05) is 0 Å². The number of thiazole rings is 1. The summed E-state index contributed by atoms with van der Waals surface area (Å²) in [5.41, 5.74) is 2.33. The first-order chi connectivity index (χ1) is 7.66. The molecule has 0 N–H and O–H groups in total. The van der Waals surface area contributed by atoms with Gasteiger partial charge in [0.15, 0.2) is 5.78 Å². The van der Waals surface area contributed by atoms with E-state index in [1.807, 2.05) is 0 Å². The van der Waals surface area contributed by atoms with Gasteiger partial charge >= 0.3 is 0 Å². The highest BCUT2D eigenvalue weighted by Gasteiger charge is 2.12. The Balaban J connectivity index is 2.24. The molecule has 0 bridgehead atoms. The molecular weight excluding hydrogens is 310 g/mol. The van der Waals surface area contributed by atoms with Gasteiger partial charge in [0, 0.05) is 32.6 Å². The molecule has 0 aliphatic heterocycles. The zero-order valence-electron chi connectivity index (χ0n) is 8.11. The van der Waals surface area contributed by atoms with Gasteiger partial charge in [0.2, 0.25) is 0 Å². The van der Waals surface area contributed by atoms with Gasteiger partial charge in [-0.1, -0.05) is 27.5 Å². The largest absolute Gasteiger partial charge is 0.294 e. The third-order valence-corrected chi connectivity index (χ3v) is 3.75. The van der Waals surface area contributed by atoms with Gasteiger partial charge < -0.3 is 0 Å². The van der Waals surface area contributed by atoms with Crippen LogP contribution in [0.2, 0.25) is 5.02 Å². The normalized spacial score (nSPS) is 10.4. The van der Waals surface area contributed by atoms with Gasteiger partial charge in [0.1, 0.15) is 0 Å². The van der Waals surface area contributed by atoms with Crippen molar-refractivity contribution in [1.29, 1.82) is 0 Å². The lowest BCUT2D eigenvalue weighted by molar-refractivity contribution is 0.0993. The topological polar surface area (TPSA) is 30.0 Å². The second kappa shape index (κ2) is 5.08. The van der Waals surface area contributed by atoms with Crippen LogP contribution in [0.5, 0.6) is 0 Å². The number of nitrogens with zero attached hydrogens (tertiary/aromatic N) is 1. The maximum atomic E-state index is 12.0. The van der Waals surface area contributed by atoms with Crippen molar-refractivity contribution in [2.24, 2.45) is 0 Å². The summed E-state index contributed by atoms with van der Waals surface area (Å²) in [7, 11) is 0. The number of carbonyl (C=O) groups is 1. The lowest BCUT2D eigenvalue weighted by Crippen LogP contribution is -2.03. The summed E-state index contributed by atoms with van der Waals surface area (Å²) >= 11 is 10.7. The predicted molar refractivity (Wildman–Crippen MR) is 69.3 cm³/mol. The van der Waals surface area contributed by atoms with Crippen molar-refractivity contribution in [2.45, 2.75) is 6.42 Å². The van der Waals surface area contributed by atoms with E-state index in [0.29, 0.717) is 17.0 Å². The van der Waals surface area contributed by atoms with Crippen molar-refractivity contribution in [1.82, 2.24) is 4.98 Å². The van der Waals surface area contributed by atoms with Gasteiger partial charge in [-0.25, -0.2) is 0 Å². The summed E-state index contributed by atoms with van der Waals surface area (Å²) in [6.07, 6.45) is 2.07. The number of benzene rings is 1. The average molecular weight is 317 g/mol. The minimum absolute atomic E-state index is 0.0404. The van der Waals surface area contributed by atoms with Gasteiger partial charge in [-0.3, -0.25) is 9.78 Å². The fourth-order valence-corrected chi connectivity index (χ4v) is 2.53. The van der Waals surface area contributed by atoms with E-state index in [9.17, 15) is 4.79 Å². The van der Waals surface area contributed by atoms with E-state index in [1.54, 1.807) is 29.9 Å². The molecule has 1 heterocycles. The van der Waals surface area contributed by atoms with Crippen LogP contribution in [0.1, 0.15) is 15.2 Å². The Kier molecular flexibility index (Phi) is 3.74.